The van der Waals surface area contributed by atoms with Gasteiger partial charge in [-0.2, -0.15) is 5.10 Å². The van der Waals surface area contributed by atoms with Crippen LogP contribution in [0.25, 0.3) is 55.2 Å². The normalized spacial score (nSPS) is 11.5. The molecule has 0 aliphatic heterocycles. The van der Waals surface area contributed by atoms with Gasteiger partial charge in [0.05, 0.1) is 16.7 Å². The van der Waals surface area contributed by atoms with Crippen molar-refractivity contribution in [2.75, 3.05) is 0 Å². The number of hydrogen-bond donors (Lipinski definition) is 0. The second-order valence-corrected chi connectivity index (χ2v) is 8.57. The summed E-state index contributed by atoms with van der Waals surface area (Å²) in [5.74, 6) is 0. The molecule has 5 aromatic carbocycles. The minimum atomic E-state index is 1.00. The van der Waals surface area contributed by atoms with Crippen LogP contribution in [0, 0.1) is 0 Å². The molecule has 0 aliphatic rings. The molecule has 0 bridgehead atoms. The molecular formula is C31H21N3. The number of benzene rings is 5. The Hall–Kier alpha value is -4.63. The molecule has 2 aromatic heterocycles. The van der Waals surface area contributed by atoms with E-state index < -0.39 is 0 Å². The van der Waals surface area contributed by atoms with Crippen LogP contribution < -0.4 is 0 Å². The quantitative estimate of drug-likeness (QED) is 0.278. The van der Waals surface area contributed by atoms with E-state index in [9.17, 15) is 0 Å². The Labute approximate surface area is 197 Å². The first-order valence-electron chi connectivity index (χ1n) is 11.5. The van der Waals surface area contributed by atoms with E-state index in [0.717, 1.165) is 27.8 Å². The molecule has 2 heterocycles. The van der Waals surface area contributed by atoms with Gasteiger partial charge in [-0.15, -0.1) is 0 Å². The van der Waals surface area contributed by atoms with Crippen LogP contribution in [0.15, 0.2) is 128 Å². The Morgan fingerprint density at radius 1 is 0.500 bits per heavy atom. The highest BCUT2D eigenvalue weighted by Crippen LogP contribution is 2.36. The molecule has 0 N–H and O–H groups in total. The van der Waals surface area contributed by atoms with Crippen molar-refractivity contribution in [3.8, 4) is 22.5 Å². The monoisotopic (exact) mass is 435 g/mol. The lowest BCUT2D eigenvalue weighted by molar-refractivity contribution is 0.897. The Balaban J connectivity index is 1.50. The second-order valence-electron chi connectivity index (χ2n) is 8.57. The molecule has 0 radical (unpaired) electrons. The largest absolute Gasteiger partial charge is 0.307 e. The zero-order valence-corrected chi connectivity index (χ0v) is 18.5. The van der Waals surface area contributed by atoms with Crippen molar-refractivity contribution in [2.45, 2.75) is 0 Å². The number of fused-ring (bicyclic) bond motifs is 5. The number of para-hydroxylation sites is 2. The highest BCUT2D eigenvalue weighted by atomic mass is 15.3. The van der Waals surface area contributed by atoms with Gasteiger partial charge in [0.1, 0.15) is 5.52 Å². The molecule has 3 heteroatoms. The average Bonchev–Trinajstić information content (AvgIpc) is 3.49. The van der Waals surface area contributed by atoms with E-state index in [1.54, 1.807) is 0 Å². The number of nitrogens with zero attached hydrogens (tertiary/aromatic N) is 3. The van der Waals surface area contributed by atoms with E-state index in [0.29, 0.717) is 0 Å². The lowest BCUT2D eigenvalue weighted by Gasteiger charge is -2.10. The Morgan fingerprint density at radius 2 is 1.18 bits per heavy atom. The van der Waals surface area contributed by atoms with Crippen LogP contribution in [0.2, 0.25) is 0 Å². The van der Waals surface area contributed by atoms with Gasteiger partial charge in [0.15, 0.2) is 0 Å². The van der Waals surface area contributed by atoms with Crippen LogP contribution >= 0.6 is 0 Å². The molecule has 34 heavy (non-hydrogen) atoms. The van der Waals surface area contributed by atoms with Gasteiger partial charge >= 0.3 is 0 Å². The third kappa shape index (κ3) is 2.87. The number of rotatable bonds is 3. The first-order valence-corrected chi connectivity index (χ1v) is 11.5. The Morgan fingerprint density at radius 3 is 1.97 bits per heavy atom. The molecule has 3 nitrogen and oxygen atoms in total. The Kier molecular flexibility index (Phi) is 4.15. The molecular weight excluding hydrogens is 414 g/mol. The SMILES string of the molecule is c1ccc(-c2ccc(-n3c4ccccc4c4ccc5cn(-c6ccccc6)nc5c43)cc2)cc1. The van der Waals surface area contributed by atoms with Gasteiger partial charge < -0.3 is 4.57 Å². The molecule has 0 atom stereocenters. The zero-order chi connectivity index (χ0) is 22.5. The van der Waals surface area contributed by atoms with Crippen molar-refractivity contribution in [3.05, 3.63) is 128 Å². The van der Waals surface area contributed by atoms with E-state index in [-0.39, 0.29) is 0 Å². The van der Waals surface area contributed by atoms with Crippen molar-refractivity contribution in [1.82, 2.24) is 14.3 Å². The molecule has 7 rings (SSSR count). The summed E-state index contributed by atoms with van der Waals surface area (Å²) >= 11 is 0. The maximum absolute atomic E-state index is 5.05. The molecule has 0 saturated carbocycles. The van der Waals surface area contributed by atoms with E-state index in [1.807, 2.05) is 22.9 Å². The summed E-state index contributed by atoms with van der Waals surface area (Å²) in [7, 11) is 0. The fraction of sp³-hybridized carbons (Fsp3) is 0. The fourth-order valence-electron chi connectivity index (χ4n) is 4.95. The summed E-state index contributed by atoms with van der Waals surface area (Å²) in [6.07, 6.45) is 2.12. The predicted molar refractivity (Wildman–Crippen MR) is 141 cm³/mol. The van der Waals surface area contributed by atoms with Gasteiger partial charge in [-0.3, -0.25) is 0 Å². The first kappa shape index (κ1) is 18.9. The summed E-state index contributed by atoms with van der Waals surface area (Å²) in [5, 5.41) is 8.63. The molecule has 0 amide bonds. The second kappa shape index (κ2) is 7.46. The van der Waals surface area contributed by atoms with Crippen LogP contribution in [0.1, 0.15) is 0 Å². The summed E-state index contributed by atoms with van der Waals surface area (Å²) in [6.45, 7) is 0. The molecule has 0 unspecified atom stereocenters. The van der Waals surface area contributed by atoms with Crippen molar-refractivity contribution < 1.29 is 0 Å². The smallest absolute Gasteiger partial charge is 0.117 e. The van der Waals surface area contributed by atoms with Gasteiger partial charge in [0, 0.05) is 28.0 Å². The predicted octanol–water partition coefficient (Wildman–Crippen LogP) is 7.79. The first-order chi connectivity index (χ1) is 16.9. The number of hydrogen-bond acceptors (Lipinski definition) is 1. The number of aromatic nitrogens is 3. The van der Waals surface area contributed by atoms with Crippen molar-refractivity contribution >= 4 is 32.7 Å². The third-order valence-electron chi connectivity index (χ3n) is 6.56. The molecule has 0 spiro atoms. The van der Waals surface area contributed by atoms with Gasteiger partial charge in [-0.1, -0.05) is 91.0 Å². The highest BCUT2D eigenvalue weighted by molar-refractivity contribution is 6.17. The summed E-state index contributed by atoms with van der Waals surface area (Å²) < 4.78 is 4.33. The van der Waals surface area contributed by atoms with Crippen molar-refractivity contribution in [2.24, 2.45) is 0 Å². The van der Waals surface area contributed by atoms with E-state index in [1.165, 1.54) is 27.4 Å². The van der Waals surface area contributed by atoms with Gasteiger partial charge in [-0.05, 0) is 41.5 Å². The lowest BCUT2D eigenvalue weighted by Crippen LogP contribution is -1.96. The lowest BCUT2D eigenvalue weighted by atomic mass is 10.1. The third-order valence-corrected chi connectivity index (χ3v) is 6.56. The molecule has 0 fully saturated rings. The van der Waals surface area contributed by atoms with E-state index in [4.69, 9.17) is 5.10 Å². The molecule has 0 saturated heterocycles. The molecule has 160 valence electrons. The summed E-state index contributed by atoms with van der Waals surface area (Å²) in [4.78, 5) is 0. The molecule has 7 aromatic rings. The average molecular weight is 436 g/mol. The Bertz CT molecular complexity index is 1770. The van der Waals surface area contributed by atoms with Crippen molar-refractivity contribution in [3.63, 3.8) is 0 Å². The minimum Gasteiger partial charge on any atom is -0.307 e. The van der Waals surface area contributed by atoms with Gasteiger partial charge in [0.2, 0.25) is 0 Å². The van der Waals surface area contributed by atoms with E-state index in [2.05, 4.69) is 114 Å². The van der Waals surface area contributed by atoms with Crippen LogP contribution in [-0.4, -0.2) is 14.3 Å². The van der Waals surface area contributed by atoms with Crippen molar-refractivity contribution in [1.29, 1.82) is 0 Å². The topological polar surface area (TPSA) is 22.8 Å². The van der Waals surface area contributed by atoms with E-state index >= 15 is 0 Å². The maximum Gasteiger partial charge on any atom is 0.117 e. The molecule has 0 aliphatic carbocycles. The van der Waals surface area contributed by atoms with Crippen LogP contribution in [-0.2, 0) is 0 Å². The summed E-state index contributed by atoms with van der Waals surface area (Å²) in [6, 6.07) is 42.6. The maximum atomic E-state index is 5.05. The zero-order valence-electron chi connectivity index (χ0n) is 18.5. The minimum absolute atomic E-state index is 1.00. The standard InChI is InChI=1S/C31H21N3/c1-3-9-22(10-4-1)23-15-18-26(19-16-23)34-29-14-8-7-13-27(29)28-20-17-24-21-33(32-30(24)31(28)34)25-11-5-2-6-12-25/h1-21H. The highest BCUT2D eigenvalue weighted by Gasteiger charge is 2.17. The fourth-order valence-corrected chi connectivity index (χ4v) is 4.95. The summed E-state index contributed by atoms with van der Waals surface area (Å²) in [5.41, 5.74) is 7.95. The van der Waals surface area contributed by atoms with Crippen LogP contribution in [0.3, 0.4) is 0 Å². The van der Waals surface area contributed by atoms with Gasteiger partial charge in [-0.25, -0.2) is 4.68 Å². The van der Waals surface area contributed by atoms with Crippen LogP contribution in [0.5, 0.6) is 0 Å². The van der Waals surface area contributed by atoms with Crippen LogP contribution in [0.4, 0.5) is 0 Å². The van der Waals surface area contributed by atoms with Gasteiger partial charge in [0.25, 0.3) is 0 Å².